The smallest absolute Gasteiger partial charge is 0.303 e. The first kappa shape index (κ1) is 32.3. The lowest BCUT2D eigenvalue weighted by Gasteiger charge is -2.26. The van der Waals surface area contributed by atoms with E-state index < -0.39 is 5.97 Å². The molecule has 4 aromatic carbocycles. The van der Waals surface area contributed by atoms with Gasteiger partial charge in [0, 0.05) is 30.8 Å². The topological polar surface area (TPSA) is 78.9 Å². The van der Waals surface area contributed by atoms with Crippen molar-refractivity contribution >= 4 is 23.3 Å². The number of amides is 1. The highest BCUT2D eigenvalue weighted by atomic mass is 16.5. The summed E-state index contributed by atoms with van der Waals surface area (Å²) in [5, 5.41) is 11.9. The van der Waals surface area contributed by atoms with Gasteiger partial charge in [0.1, 0.15) is 5.75 Å². The fourth-order valence-corrected chi connectivity index (χ4v) is 5.09. The van der Waals surface area contributed by atoms with Gasteiger partial charge in [0.05, 0.1) is 12.3 Å². The summed E-state index contributed by atoms with van der Waals surface area (Å²) in [6, 6.07) is 30.9. The zero-order valence-electron chi connectivity index (χ0n) is 26.5. The van der Waals surface area contributed by atoms with Crippen molar-refractivity contribution < 1.29 is 19.4 Å². The van der Waals surface area contributed by atoms with E-state index in [1.807, 2.05) is 31.2 Å². The van der Waals surface area contributed by atoms with Crippen molar-refractivity contribution in [3.63, 3.8) is 0 Å². The van der Waals surface area contributed by atoms with E-state index in [-0.39, 0.29) is 18.9 Å². The van der Waals surface area contributed by atoms with Gasteiger partial charge >= 0.3 is 5.97 Å². The van der Waals surface area contributed by atoms with E-state index in [0.717, 1.165) is 24.3 Å². The quantitative estimate of drug-likeness (QED) is 0.143. The molecule has 0 radical (unpaired) electrons. The summed E-state index contributed by atoms with van der Waals surface area (Å²) >= 11 is 0. The van der Waals surface area contributed by atoms with E-state index in [2.05, 4.69) is 92.5 Å². The van der Waals surface area contributed by atoms with Crippen molar-refractivity contribution in [3.05, 3.63) is 124 Å². The highest BCUT2D eigenvalue weighted by Gasteiger charge is 2.16. The molecule has 0 unspecified atom stereocenters. The molecule has 0 saturated carbocycles. The molecule has 2 N–H and O–H groups in total. The number of benzene rings is 4. The molecule has 44 heavy (non-hydrogen) atoms. The van der Waals surface area contributed by atoms with Crippen LogP contribution in [0.2, 0.25) is 0 Å². The minimum Gasteiger partial charge on any atom is -0.491 e. The van der Waals surface area contributed by atoms with Gasteiger partial charge in [-0.2, -0.15) is 0 Å². The minimum atomic E-state index is -0.860. The molecule has 0 fully saturated rings. The lowest BCUT2D eigenvalue weighted by molar-refractivity contribution is -0.137. The van der Waals surface area contributed by atoms with Gasteiger partial charge in [0.15, 0.2) is 0 Å². The zero-order valence-corrected chi connectivity index (χ0v) is 26.5. The first-order chi connectivity index (χ1) is 21.1. The summed E-state index contributed by atoms with van der Waals surface area (Å²) in [6.07, 6.45) is 0.419. The van der Waals surface area contributed by atoms with Crippen molar-refractivity contribution in [1.82, 2.24) is 0 Å². The van der Waals surface area contributed by atoms with Crippen molar-refractivity contribution in [2.75, 3.05) is 16.8 Å². The third-order valence-electron chi connectivity index (χ3n) is 7.79. The van der Waals surface area contributed by atoms with Crippen LogP contribution in [0.1, 0.15) is 90.5 Å². The van der Waals surface area contributed by atoms with Crippen LogP contribution in [0.5, 0.6) is 5.75 Å². The Kier molecular flexibility index (Phi) is 11.2. The van der Waals surface area contributed by atoms with Gasteiger partial charge < -0.3 is 20.1 Å². The molecule has 0 spiro atoms. The maximum Gasteiger partial charge on any atom is 0.303 e. The third-order valence-corrected chi connectivity index (χ3v) is 7.79. The number of hydrogen-bond donors (Lipinski definition) is 2. The number of carbonyl (C=O) groups is 2. The van der Waals surface area contributed by atoms with Crippen LogP contribution in [0.3, 0.4) is 0 Å². The number of nitrogens with one attached hydrogen (secondary N) is 1. The molecule has 0 saturated heterocycles. The maximum atomic E-state index is 13.4. The van der Waals surface area contributed by atoms with E-state index in [0.29, 0.717) is 35.3 Å². The number of aryl methyl sites for hydroxylation is 1. The van der Waals surface area contributed by atoms with Crippen LogP contribution >= 0.6 is 0 Å². The van der Waals surface area contributed by atoms with Gasteiger partial charge in [-0.1, -0.05) is 88.4 Å². The van der Waals surface area contributed by atoms with Crippen molar-refractivity contribution in [1.29, 1.82) is 0 Å². The van der Waals surface area contributed by atoms with Crippen LogP contribution in [0.25, 0.3) is 0 Å². The van der Waals surface area contributed by atoms with Crippen molar-refractivity contribution in [2.45, 2.75) is 72.4 Å². The molecule has 0 heterocycles. The summed E-state index contributed by atoms with van der Waals surface area (Å²) in [5.74, 6) is 0.392. The molecule has 0 aliphatic heterocycles. The second-order valence-corrected chi connectivity index (χ2v) is 11.9. The second kappa shape index (κ2) is 15.2. The molecule has 0 bridgehead atoms. The molecule has 230 valence electrons. The molecular formula is C38H44N2O4. The molecule has 0 atom stereocenters. The van der Waals surface area contributed by atoms with E-state index in [1.165, 1.54) is 22.3 Å². The lowest BCUT2D eigenvalue weighted by atomic mass is 10.0. The van der Waals surface area contributed by atoms with E-state index in [4.69, 9.17) is 9.84 Å². The zero-order chi connectivity index (χ0) is 31.6. The SMILES string of the molecule is Cc1cc(N(Cc2ccc(C(C)C)cc2)Cc2ccc(C(C)C)cc2)ccc1C(=O)Nc1ccccc1OCCCC(=O)O. The number of carboxylic acid groups (broad SMARTS) is 1. The van der Waals surface area contributed by atoms with Crippen LogP contribution in [0, 0.1) is 6.92 Å². The highest BCUT2D eigenvalue weighted by molar-refractivity contribution is 6.06. The monoisotopic (exact) mass is 592 g/mol. The average Bonchev–Trinajstić information content (AvgIpc) is 3.00. The second-order valence-electron chi connectivity index (χ2n) is 11.9. The van der Waals surface area contributed by atoms with E-state index in [9.17, 15) is 9.59 Å². The summed E-state index contributed by atoms with van der Waals surface area (Å²) in [7, 11) is 0. The fraction of sp³-hybridized carbons (Fsp3) is 0.316. The van der Waals surface area contributed by atoms with Crippen molar-refractivity contribution in [2.24, 2.45) is 0 Å². The molecule has 6 heteroatoms. The Balaban J connectivity index is 1.54. The van der Waals surface area contributed by atoms with Gasteiger partial charge in [-0.05, 0) is 83.3 Å². The van der Waals surface area contributed by atoms with E-state index >= 15 is 0 Å². The Labute approximate surface area is 261 Å². The number of carboxylic acids is 1. The first-order valence-corrected chi connectivity index (χ1v) is 15.4. The number of ether oxygens (including phenoxy) is 1. The number of para-hydroxylation sites is 2. The standard InChI is InChI=1S/C38H44N2O4/c1-26(2)31-16-12-29(13-17-31)24-40(25-30-14-18-32(19-15-30)27(3)4)33-20-21-34(28(5)23-33)38(43)39-35-9-6-7-10-36(35)44-22-8-11-37(41)42/h6-7,9-10,12-21,23,26-27H,8,11,22,24-25H2,1-5H3,(H,39,43)(H,41,42). The van der Waals surface area contributed by atoms with Crippen LogP contribution in [-0.2, 0) is 17.9 Å². The lowest BCUT2D eigenvalue weighted by Crippen LogP contribution is -2.23. The predicted molar refractivity (Wildman–Crippen MR) is 179 cm³/mol. The highest BCUT2D eigenvalue weighted by Crippen LogP contribution is 2.28. The molecule has 1 amide bonds. The van der Waals surface area contributed by atoms with Gasteiger partial charge in [0.2, 0.25) is 0 Å². The number of hydrogen-bond acceptors (Lipinski definition) is 4. The van der Waals surface area contributed by atoms with Gasteiger partial charge in [0.25, 0.3) is 5.91 Å². The number of anilines is 2. The van der Waals surface area contributed by atoms with Crippen molar-refractivity contribution in [3.8, 4) is 5.75 Å². The van der Waals surface area contributed by atoms with Crippen LogP contribution in [0.15, 0.2) is 91.0 Å². The number of nitrogens with zero attached hydrogens (tertiary/aromatic N) is 1. The average molecular weight is 593 g/mol. The fourth-order valence-electron chi connectivity index (χ4n) is 5.09. The molecule has 4 aromatic rings. The Bertz CT molecular complexity index is 1490. The predicted octanol–water partition coefficient (Wildman–Crippen LogP) is 8.94. The Morgan fingerprint density at radius 2 is 1.36 bits per heavy atom. The van der Waals surface area contributed by atoms with Gasteiger partial charge in [-0.15, -0.1) is 0 Å². The Morgan fingerprint density at radius 1 is 0.795 bits per heavy atom. The normalized spacial score (nSPS) is 11.1. The number of rotatable bonds is 14. The molecule has 0 aliphatic carbocycles. The number of aliphatic carboxylic acids is 1. The molecule has 4 rings (SSSR count). The molecule has 6 nitrogen and oxygen atoms in total. The van der Waals surface area contributed by atoms with E-state index in [1.54, 1.807) is 12.1 Å². The molecule has 0 aromatic heterocycles. The van der Waals surface area contributed by atoms with Crippen LogP contribution < -0.4 is 15.0 Å². The minimum absolute atomic E-state index is 0.0313. The summed E-state index contributed by atoms with van der Waals surface area (Å²) < 4.78 is 5.77. The van der Waals surface area contributed by atoms with Crippen LogP contribution in [-0.4, -0.2) is 23.6 Å². The summed E-state index contributed by atoms with van der Waals surface area (Å²) in [6.45, 7) is 12.5. The largest absolute Gasteiger partial charge is 0.491 e. The Morgan fingerprint density at radius 3 is 1.89 bits per heavy atom. The van der Waals surface area contributed by atoms with Gasteiger partial charge in [-0.25, -0.2) is 0 Å². The van der Waals surface area contributed by atoms with Gasteiger partial charge in [-0.3, -0.25) is 9.59 Å². The number of carbonyl (C=O) groups excluding carboxylic acids is 1. The Hall–Kier alpha value is -4.58. The van der Waals surface area contributed by atoms with Crippen LogP contribution in [0.4, 0.5) is 11.4 Å². The maximum absolute atomic E-state index is 13.4. The third kappa shape index (κ3) is 8.96. The first-order valence-electron chi connectivity index (χ1n) is 15.4. The molecule has 0 aliphatic rings. The molecular weight excluding hydrogens is 548 g/mol. The summed E-state index contributed by atoms with van der Waals surface area (Å²) in [4.78, 5) is 26.6. The summed E-state index contributed by atoms with van der Waals surface area (Å²) in [5.41, 5.74) is 8.15.